The molecular formula is C10H6F3NO2. The molecule has 0 bridgehead atoms. The number of carbonyl (C=O) groups excluding carboxylic acids is 1. The minimum atomic E-state index is -4.78. The third-order valence-electron chi connectivity index (χ3n) is 2.15. The quantitative estimate of drug-likeness (QED) is 0.691. The molecule has 0 saturated heterocycles. The number of halogens is 3. The summed E-state index contributed by atoms with van der Waals surface area (Å²) < 4.78 is 43.0. The van der Waals surface area contributed by atoms with Gasteiger partial charge in [0.15, 0.2) is 0 Å². The summed E-state index contributed by atoms with van der Waals surface area (Å²) in [6.07, 6.45) is -4.24. The second-order valence-electron chi connectivity index (χ2n) is 3.19. The Kier molecular flexibility index (Phi) is 2.22. The van der Waals surface area contributed by atoms with Gasteiger partial charge in [0.05, 0.1) is 0 Å². The van der Waals surface area contributed by atoms with Crippen LogP contribution >= 0.6 is 0 Å². The number of hydrogen-bond acceptors (Lipinski definition) is 3. The number of esters is 1. The number of nitrogens with zero attached hydrogens (tertiary/aromatic N) is 1. The molecule has 1 aromatic carbocycles. The number of cyclic esters (lactones) is 1. The maximum absolute atomic E-state index is 12.9. The molecule has 0 radical (unpaired) electrons. The van der Waals surface area contributed by atoms with Crippen LogP contribution in [0.1, 0.15) is 5.56 Å². The molecule has 1 atom stereocenters. The van der Waals surface area contributed by atoms with Gasteiger partial charge in [0.2, 0.25) is 0 Å². The highest BCUT2D eigenvalue weighted by atomic mass is 19.4. The van der Waals surface area contributed by atoms with Crippen molar-refractivity contribution in [2.75, 3.05) is 0 Å². The van der Waals surface area contributed by atoms with E-state index < -0.39 is 17.9 Å². The summed E-state index contributed by atoms with van der Waals surface area (Å²) in [4.78, 5) is 14.0. The van der Waals surface area contributed by atoms with Crippen LogP contribution in [0.4, 0.5) is 13.2 Å². The van der Waals surface area contributed by atoms with E-state index in [0.29, 0.717) is 6.21 Å². The summed E-state index contributed by atoms with van der Waals surface area (Å²) in [5, 5.41) is 0. The van der Waals surface area contributed by atoms with Crippen LogP contribution in [-0.4, -0.2) is 18.4 Å². The minimum absolute atomic E-state index is 0.218. The van der Waals surface area contributed by atoms with Gasteiger partial charge in [-0.1, -0.05) is 30.3 Å². The smallest absolute Gasteiger partial charge is 0.418 e. The van der Waals surface area contributed by atoms with E-state index in [-0.39, 0.29) is 5.56 Å². The molecule has 0 amide bonds. The molecule has 1 aromatic rings. The molecule has 3 nitrogen and oxygen atoms in total. The molecule has 1 aliphatic rings. The van der Waals surface area contributed by atoms with E-state index in [9.17, 15) is 18.0 Å². The van der Waals surface area contributed by atoms with Gasteiger partial charge < -0.3 is 4.74 Å². The summed E-state index contributed by atoms with van der Waals surface area (Å²) in [6.45, 7) is 0. The molecule has 1 aliphatic heterocycles. The standard InChI is InChI=1S/C10H6F3NO2/c11-10(12,13)9(14-6-8(15)16-9)7-4-2-1-3-5-7/h1-6H. The van der Waals surface area contributed by atoms with Crippen molar-refractivity contribution in [2.24, 2.45) is 4.99 Å². The summed E-state index contributed by atoms with van der Waals surface area (Å²) in [5.41, 5.74) is -3.10. The van der Waals surface area contributed by atoms with Gasteiger partial charge >= 0.3 is 17.9 Å². The van der Waals surface area contributed by atoms with Crippen LogP contribution in [0.3, 0.4) is 0 Å². The lowest BCUT2D eigenvalue weighted by atomic mass is 10.0. The molecule has 16 heavy (non-hydrogen) atoms. The third kappa shape index (κ3) is 1.46. The van der Waals surface area contributed by atoms with Crippen LogP contribution in [0, 0.1) is 0 Å². The molecule has 0 saturated carbocycles. The summed E-state index contributed by atoms with van der Waals surface area (Å²) in [7, 11) is 0. The lowest BCUT2D eigenvalue weighted by Crippen LogP contribution is -2.41. The summed E-state index contributed by atoms with van der Waals surface area (Å²) in [6, 6.07) is 6.83. The van der Waals surface area contributed by atoms with Crippen molar-refractivity contribution >= 4 is 12.2 Å². The van der Waals surface area contributed by atoms with Gasteiger partial charge in [-0.25, -0.2) is 9.79 Å². The van der Waals surface area contributed by atoms with Crippen LogP contribution in [0.2, 0.25) is 0 Å². The van der Waals surface area contributed by atoms with E-state index in [1.807, 2.05) is 0 Å². The number of hydrogen-bond donors (Lipinski definition) is 0. The average Bonchev–Trinajstić information content (AvgIpc) is 2.62. The number of alkyl halides is 3. The largest absolute Gasteiger partial charge is 0.455 e. The number of rotatable bonds is 1. The normalized spacial score (nSPS) is 24.6. The molecule has 0 aliphatic carbocycles. The zero-order valence-corrected chi connectivity index (χ0v) is 7.86. The zero-order valence-electron chi connectivity index (χ0n) is 7.86. The van der Waals surface area contributed by atoms with E-state index in [4.69, 9.17) is 0 Å². The number of benzene rings is 1. The van der Waals surface area contributed by atoms with Crippen molar-refractivity contribution in [1.29, 1.82) is 0 Å². The highest BCUT2D eigenvalue weighted by molar-refractivity contribution is 6.24. The number of ether oxygens (including phenoxy) is 1. The Morgan fingerprint density at radius 2 is 1.81 bits per heavy atom. The van der Waals surface area contributed by atoms with Crippen molar-refractivity contribution in [3.63, 3.8) is 0 Å². The van der Waals surface area contributed by atoms with Crippen molar-refractivity contribution in [3.8, 4) is 0 Å². The summed E-state index contributed by atoms with van der Waals surface area (Å²) in [5.74, 6) is -1.10. The molecule has 84 valence electrons. The molecular weight excluding hydrogens is 223 g/mol. The molecule has 1 unspecified atom stereocenters. The first-order chi connectivity index (χ1) is 7.46. The van der Waals surface area contributed by atoms with E-state index in [1.54, 1.807) is 6.07 Å². The second kappa shape index (κ2) is 3.33. The highest BCUT2D eigenvalue weighted by Gasteiger charge is 2.62. The molecule has 0 aromatic heterocycles. The van der Waals surface area contributed by atoms with E-state index >= 15 is 0 Å². The number of carbonyl (C=O) groups is 1. The Labute approximate surface area is 88.6 Å². The van der Waals surface area contributed by atoms with Gasteiger partial charge in [-0.2, -0.15) is 13.2 Å². The van der Waals surface area contributed by atoms with E-state index in [2.05, 4.69) is 9.73 Å². The predicted octanol–water partition coefficient (Wildman–Crippen LogP) is 2.03. The zero-order chi connectivity index (χ0) is 11.8. The minimum Gasteiger partial charge on any atom is -0.418 e. The van der Waals surface area contributed by atoms with Crippen LogP contribution in [0.5, 0.6) is 0 Å². The van der Waals surface area contributed by atoms with Crippen LogP contribution < -0.4 is 0 Å². The van der Waals surface area contributed by atoms with Crippen LogP contribution in [0.15, 0.2) is 35.3 Å². The topological polar surface area (TPSA) is 38.7 Å². The summed E-state index contributed by atoms with van der Waals surface area (Å²) >= 11 is 0. The van der Waals surface area contributed by atoms with Crippen molar-refractivity contribution in [2.45, 2.75) is 11.9 Å². The molecule has 6 heteroatoms. The van der Waals surface area contributed by atoms with Gasteiger partial charge in [-0.15, -0.1) is 0 Å². The fraction of sp³-hybridized carbons (Fsp3) is 0.200. The Balaban J connectivity index is 2.54. The fourth-order valence-electron chi connectivity index (χ4n) is 1.43. The van der Waals surface area contributed by atoms with Crippen LogP contribution in [-0.2, 0) is 15.3 Å². The first-order valence-electron chi connectivity index (χ1n) is 4.36. The molecule has 1 heterocycles. The average molecular weight is 229 g/mol. The van der Waals surface area contributed by atoms with Gasteiger partial charge in [0.1, 0.15) is 6.21 Å². The van der Waals surface area contributed by atoms with E-state index in [0.717, 1.165) is 0 Å². The highest BCUT2D eigenvalue weighted by Crippen LogP contribution is 2.45. The second-order valence-corrected chi connectivity index (χ2v) is 3.19. The lowest BCUT2D eigenvalue weighted by Gasteiger charge is -2.27. The monoisotopic (exact) mass is 229 g/mol. The van der Waals surface area contributed by atoms with Crippen LogP contribution in [0.25, 0.3) is 0 Å². The first kappa shape index (κ1) is 10.7. The maximum atomic E-state index is 12.9. The molecule has 0 spiro atoms. The van der Waals surface area contributed by atoms with E-state index in [1.165, 1.54) is 24.3 Å². The van der Waals surface area contributed by atoms with Gasteiger partial charge in [-0.3, -0.25) is 0 Å². The molecule has 2 rings (SSSR count). The third-order valence-corrected chi connectivity index (χ3v) is 2.15. The van der Waals surface area contributed by atoms with Crippen molar-refractivity contribution in [3.05, 3.63) is 35.9 Å². The Morgan fingerprint density at radius 1 is 1.19 bits per heavy atom. The first-order valence-corrected chi connectivity index (χ1v) is 4.36. The predicted molar refractivity (Wildman–Crippen MR) is 48.8 cm³/mol. The van der Waals surface area contributed by atoms with Crippen molar-refractivity contribution in [1.82, 2.24) is 0 Å². The molecule has 0 fully saturated rings. The van der Waals surface area contributed by atoms with Crippen molar-refractivity contribution < 1.29 is 22.7 Å². The Morgan fingerprint density at radius 3 is 2.25 bits per heavy atom. The Hall–Kier alpha value is -1.85. The van der Waals surface area contributed by atoms with Gasteiger partial charge in [0.25, 0.3) is 0 Å². The lowest BCUT2D eigenvalue weighted by molar-refractivity contribution is -0.265. The SMILES string of the molecule is O=C1C=NC(c2ccccc2)(C(F)(F)F)O1. The fourth-order valence-corrected chi connectivity index (χ4v) is 1.43. The maximum Gasteiger partial charge on any atom is 0.455 e. The number of aliphatic imine (C=N–C) groups is 1. The van der Waals surface area contributed by atoms with Gasteiger partial charge in [0, 0.05) is 5.56 Å². The Bertz CT molecular complexity index is 441. The van der Waals surface area contributed by atoms with Gasteiger partial charge in [-0.05, 0) is 0 Å². The molecule has 0 N–H and O–H groups in total.